The molecular formula is C20H34IN3O2. The smallest absolute Gasteiger partial charge is 0.193 e. The summed E-state index contributed by atoms with van der Waals surface area (Å²) in [4.78, 5) is 6.81. The van der Waals surface area contributed by atoms with Gasteiger partial charge >= 0.3 is 0 Å². The van der Waals surface area contributed by atoms with E-state index in [2.05, 4.69) is 34.3 Å². The number of halogens is 1. The maximum Gasteiger partial charge on any atom is 0.193 e. The molecule has 26 heavy (non-hydrogen) atoms. The minimum atomic E-state index is 0. The van der Waals surface area contributed by atoms with Crippen molar-refractivity contribution in [2.75, 3.05) is 40.4 Å². The summed E-state index contributed by atoms with van der Waals surface area (Å²) in [5.41, 5.74) is 1.27. The number of aryl methyl sites for hydroxylation is 1. The first-order valence-electron chi connectivity index (χ1n) is 9.43. The van der Waals surface area contributed by atoms with E-state index in [1.807, 2.05) is 20.0 Å². The van der Waals surface area contributed by atoms with Crippen LogP contribution in [0, 0.1) is 5.92 Å². The van der Waals surface area contributed by atoms with Gasteiger partial charge in [-0.3, -0.25) is 4.99 Å². The van der Waals surface area contributed by atoms with Crippen LogP contribution in [-0.2, 0) is 6.42 Å². The van der Waals surface area contributed by atoms with Gasteiger partial charge in [-0.1, -0.05) is 13.0 Å². The SMILES string of the molecule is CCOc1cc(CCCNC(=NC)N2CCC(C)CC2)ccc1OC.I. The number of hydrogen-bond donors (Lipinski definition) is 1. The number of guanidine groups is 1. The molecule has 5 nitrogen and oxygen atoms in total. The maximum absolute atomic E-state index is 5.65. The number of piperidine rings is 1. The highest BCUT2D eigenvalue weighted by molar-refractivity contribution is 14.0. The number of nitrogens with zero attached hydrogens (tertiary/aromatic N) is 2. The number of methoxy groups -OCH3 is 1. The van der Waals surface area contributed by atoms with Crippen molar-refractivity contribution in [3.63, 3.8) is 0 Å². The number of nitrogens with one attached hydrogen (secondary N) is 1. The fraction of sp³-hybridized carbons (Fsp3) is 0.650. The van der Waals surface area contributed by atoms with Gasteiger partial charge in [0.15, 0.2) is 17.5 Å². The lowest BCUT2D eigenvalue weighted by Gasteiger charge is -2.32. The third-order valence-electron chi connectivity index (χ3n) is 4.75. The van der Waals surface area contributed by atoms with E-state index < -0.39 is 0 Å². The summed E-state index contributed by atoms with van der Waals surface area (Å²) in [5, 5.41) is 3.51. The van der Waals surface area contributed by atoms with E-state index in [0.29, 0.717) is 6.61 Å². The fourth-order valence-electron chi connectivity index (χ4n) is 3.19. The van der Waals surface area contributed by atoms with Crippen LogP contribution in [0.15, 0.2) is 23.2 Å². The monoisotopic (exact) mass is 475 g/mol. The van der Waals surface area contributed by atoms with Crippen molar-refractivity contribution in [1.29, 1.82) is 0 Å². The quantitative estimate of drug-likeness (QED) is 0.281. The number of likely N-dealkylation sites (tertiary alicyclic amines) is 1. The summed E-state index contributed by atoms with van der Waals surface area (Å²) in [7, 11) is 3.55. The molecule has 0 radical (unpaired) electrons. The Labute approximate surface area is 175 Å². The second-order valence-corrected chi connectivity index (χ2v) is 6.67. The van der Waals surface area contributed by atoms with E-state index in [9.17, 15) is 0 Å². The lowest BCUT2D eigenvalue weighted by Crippen LogP contribution is -2.45. The van der Waals surface area contributed by atoms with Crippen LogP contribution in [0.5, 0.6) is 11.5 Å². The average molecular weight is 475 g/mol. The van der Waals surface area contributed by atoms with Crippen LogP contribution in [0.3, 0.4) is 0 Å². The summed E-state index contributed by atoms with van der Waals surface area (Å²) in [6.07, 6.45) is 4.58. The molecule has 0 saturated carbocycles. The van der Waals surface area contributed by atoms with E-state index in [4.69, 9.17) is 9.47 Å². The van der Waals surface area contributed by atoms with Crippen molar-refractivity contribution in [2.24, 2.45) is 10.9 Å². The van der Waals surface area contributed by atoms with E-state index >= 15 is 0 Å². The summed E-state index contributed by atoms with van der Waals surface area (Å²) >= 11 is 0. The topological polar surface area (TPSA) is 46.1 Å². The molecule has 1 N–H and O–H groups in total. The molecule has 1 fully saturated rings. The Bertz CT molecular complexity index is 558. The third-order valence-corrected chi connectivity index (χ3v) is 4.75. The van der Waals surface area contributed by atoms with Gasteiger partial charge in [0.2, 0.25) is 0 Å². The Kier molecular flexibility index (Phi) is 10.8. The summed E-state index contributed by atoms with van der Waals surface area (Å²) in [6.45, 7) is 8.11. The molecule has 0 spiro atoms. The van der Waals surface area contributed by atoms with Crippen molar-refractivity contribution in [2.45, 2.75) is 39.5 Å². The van der Waals surface area contributed by atoms with Gasteiger partial charge in [-0.05, 0) is 56.2 Å². The molecule has 0 aromatic heterocycles. The van der Waals surface area contributed by atoms with Gasteiger partial charge in [0.25, 0.3) is 0 Å². The Hall–Kier alpha value is -1.18. The molecule has 0 amide bonds. The van der Waals surface area contributed by atoms with Crippen LogP contribution in [0.4, 0.5) is 0 Å². The Morgan fingerprint density at radius 3 is 2.62 bits per heavy atom. The zero-order valence-electron chi connectivity index (χ0n) is 16.6. The van der Waals surface area contributed by atoms with Crippen LogP contribution >= 0.6 is 24.0 Å². The highest BCUT2D eigenvalue weighted by Crippen LogP contribution is 2.28. The Morgan fingerprint density at radius 2 is 2.00 bits per heavy atom. The van der Waals surface area contributed by atoms with Crippen LogP contribution in [0.25, 0.3) is 0 Å². The Morgan fingerprint density at radius 1 is 1.27 bits per heavy atom. The molecule has 2 rings (SSSR count). The predicted molar refractivity (Wildman–Crippen MR) is 119 cm³/mol. The van der Waals surface area contributed by atoms with E-state index in [1.165, 1.54) is 18.4 Å². The molecule has 1 heterocycles. The molecule has 6 heteroatoms. The number of aliphatic imine (C=N–C) groups is 1. The van der Waals surface area contributed by atoms with E-state index in [1.54, 1.807) is 7.11 Å². The summed E-state index contributed by atoms with van der Waals surface area (Å²) in [5.74, 6) is 3.50. The maximum atomic E-state index is 5.65. The Balaban J connectivity index is 0.00000338. The first-order valence-corrected chi connectivity index (χ1v) is 9.43. The molecular weight excluding hydrogens is 441 g/mol. The zero-order valence-corrected chi connectivity index (χ0v) is 18.9. The van der Waals surface area contributed by atoms with Gasteiger partial charge < -0.3 is 19.7 Å². The number of rotatable bonds is 7. The minimum Gasteiger partial charge on any atom is -0.493 e. The lowest BCUT2D eigenvalue weighted by atomic mass is 9.99. The first kappa shape index (κ1) is 22.9. The molecule has 1 aliphatic rings. The second kappa shape index (κ2) is 12.3. The van der Waals surface area contributed by atoms with Crippen molar-refractivity contribution < 1.29 is 9.47 Å². The highest BCUT2D eigenvalue weighted by Gasteiger charge is 2.18. The molecule has 0 bridgehead atoms. The van der Waals surface area contributed by atoms with Gasteiger partial charge in [-0.2, -0.15) is 0 Å². The van der Waals surface area contributed by atoms with Crippen LogP contribution in [-0.4, -0.2) is 51.3 Å². The molecule has 148 valence electrons. The highest BCUT2D eigenvalue weighted by atomic mass is 127. The molecule has 0 unspecified atom stereocenters. The van der Waals surface area contributed by atoms with Crippen LogP contribution in [0.2, 0.25) is 0 Å². The zero-order chi connectivity index (χ0) is 18.1. The molecule has 0 atom stereocenters. The first-order chi connectivity index (χ1) is 12.2. The average Bonchev–Trinajstić information content (AvgIpc) is 2.63. The summed E-state index contributed by atoms with van der Waals surface area (Å²) in [6, 6.07) is 6.19. The van der Waals surface area contributed by atoms with Crippen molar-refractivity contribution >= 4 is 29.9 Å². The largest absolute Gasteiger partial charge is 0.493 e. The minimum absolute atomic E-state index is 0. The number of ether oxygens (including phenoxy) is 2. The predicted octanol–water partition coefficient (Wildman–Crippen LogP) is 3.95. The van der Waals surface area contributed by atoms with E-state index in [-0.39, 0.29) is 24.0 Å². The molecule has 1 saturated heterocycles. The number of benzene rings is 1. The van der Waals surface area contributed by atoms with Crippen LogP contribution in [0.1, 0.15) is 38.7 Å². The molecule has 1 aliphatic heterocycles. The van der Waals surface area contributed by atoms with Gasteiger partial charge in [0.1, 0.15) is 0 Å². The normalized spacial score (nSPS) is 15.4. The fourth-order valence-corrected chi connectivity index (χ4v) is 3.19. The van der Waals surface area contributed by atoms with Crippen LogP contribution < -0.4 is 14.8 Å². The second-order valence-electron chi connectivity index (χ2n) is 6.67. The molecule has 0 aliphatic carbocycles. The van der Waals surface area contributed by atoms with Crippen molar-refractivity contribution in [3.8, 4) is 11.5 Å². The van der Waals surface area contributed by atoms with Gasteiger partial charge in [-0.15, -0.1) is 24.0 Å². The van der Waals surface area contributed by atoms with Crippen molar-refractivity contribution in [1.82, 2.24) is 10.2 Å². The van der Waals surface area contributed by atoms with Crippen molar-refractivity contribution in [3.05, 3.63) is 23.8 Å². The standard InChI is InChI=1S/C20H33N3O2.HI/c1-5-25-19-15-17(8-9-18(19)24-4)7-6-12-22-20(21-3)23-13-10-16(2)11-14-23;/h8-9,15-16H,5-7,10-14H2,1-4H3,(H,21,22);1H. The van der Waals surface area contributed by atoms with E-state index in [0.717, 1.165) is 55.9 Å². The third kappa shape index (κ3) is 6.85. The molecule has 1 aromatic rings. The van der Waals surface area contributed by atoms with Gasteiger partial charge in [0, 0.05) is 26.7 Å². The lowest BCUT2D eigenvalue weighted by molar-refractivity contribution is 0.273. The van der Waals surface area contributed by atoms with Gasteiger partial charge in [0.05, 0.1) is 13.7 Å². The summed E-state index contributed by atoms with van der Waals surface area (Å²) < 4.78 is 11.0. The number of hydrogen-bond acceptors (Lipinski definition) is 3. The molecule has 1 aromatic carbocycles. The van der Waals surface area contributed by atoms with Gasteiger partial charge in [-0.25, -0.2) is 0 Å².